The molecule has 0 unspecified atom stereocenters. The third-order valence-electron chi connectivity index (χ3n) is 2.69. The summed E-state index contributed by atoms with van der Waals surface area (Å²) in [5.74, 6) is -0.175. The predicted octanol–water partition coefficient (Wildman–Crippen LogP) is 3.67. The lowest BCUT2D eigenvalue weighted by atomic mass is 10.0. The molecule has 0 radical (unpaired) electrons. The van der Waals surface area contributed by atoms with Gasteiger partial charge in [0.15, 0.2) is 5.78 Å². The number of carbonyl (C=O) groups excluding carboxylic acids is 1. The van der Waals surface area contributed by atoms with Gasteiger partial charge < -0.3 is 0 Å². The quantitative estimate of drug-likeness (QED) is 0.486. The number of halogens is 1. The summed E-state index contributed by atoms with van der Waals surface area (Å²) in [7, 11) is 0. The minimum Gasteiger partial charge on any atom is -0.294 e. The summed E-state index contributed by atoms with van der Waals surface area (Å²) < 4.78 is 0. The molecule has 2 rings (SSSR count). The van der Waals surface area contributed by atoms with Crippen molar-refractivity contribution in [3.63, 3.8) is 0 Å². The van der Waals surface area contributed by atoms with Gasteiger partial charge in [-0.15, -0.1) is 0 Å². The monoisotopic (exact) mass is 275 g/mol. The zero-order valence-electron chi connectivity index (χ0n) is 9.88. The molecule has 0 aromatic heterocycles. The molecule has 0 atom stereocenters. The Balaban J connectivity index is 2.31. The van der Waals surface area contributed by atoms with E-state index in [9.17, 15) is 14.9 Å². The molecule has 0 heterocycles. The Morgan fingerprint density at radius 2 is 1.84 bits per heavy atom. The molecule has 4 nitrogen and oxygen atoms in total. The minimum absolute atomic E-state index is 0.0408. The van der Waals surface area contributed by atoms with Crippen LogP contribution in [0.3, 0.4) is 0 Å². The van der Waals surface area contributed by atoms with E-state index in [1.54, 1.807) is 30.3 Å². The molecule has 0 aliphatic heterocycles. The maximum Gasteiger partial charge on any atom is 0.273 e. The summed E-state index contributed by atoms with van der Waals surface area (Å²) >= 11 is 5.82. The highest BCUT2D eigenvalue weighted by Gasteiger charge is 2.17. The van der Waals surface area contributed by atoms with Crippen LogP contribution >= 0.6 is 11.6 Å². The highest BCUT2D eigenvalue weighted by atomic mass is 35.5. The maximum atomic E-state index is 12.0. The molecule has 0 saturated carbocycles. The average Bonchev–Trinajstić information content (AvgIpc) is 2.39. The maximum absolute atomic E-state index is 12.0. The molecule has 2 aromatic carbocycles. The van der Waals surface area contributed by atoms with Crippen LogP contribution in [0.4, 0.5) is 5.69 Å². The Kier molecular flexibility index (Phi) is 3.92. The van der Waals surface area contributed by atoms with Gasteiger partial charge in [-0.05, 0) is 12.1 Å². The molecule has 0 amide bonds. The van der Waals surface area contributed by atoms with E-state index >= 15 is 0 Å². The standard InChI is InChI=1S/C14H10ClNO3/c15-12-6-7-13(16(18)19)11(8-12)9-14(17)10-4-2-1-3-5-10/h1-8H,9H2. The molecule has 0 fully saturated rings. The second kappa shape index (κ2) is 5.63. The van der Waals surface area contributed by atoms with E-state index < -0.39 is 4.92 Å². The van der Waals surface area contributed by atoms with Crippen molar-refractivity contribution in [3.8, 4) is 0 Å². The van der Waals surface area contributed by atoms with Crippen molar-refractivity contribution in [2.45, 2.75) is 6.42 Å². The third kappa shape index (κ3) is 3.17. The fraction of sp³-hybridized carbons (Fsp3) is 0.0714. The van der Waals surface area contributed by atoms with Crippen LogP contribution < -0.4 is 0 Å². The lowest BCUT2D eigenvalue weighted by Crippen LogP contribution is -2.05. The van der Waals surface area contributed by atoms with Crippen LogP contribution in [0.25, 0.3) is 0 Å². The van der Waals surface area contributed by atoms with Crippen LogP contribution in [-0.2, 0) is 6.42 Å². The molecule has 0 bridgehead atoms. The molecule has 0 N–H and O–H groups in total. The molecular weight excluding hydrogens is 266 g/mol. The van der Waals surface area contributed by atoms with Gasteiger partial charge in [-0.1, -0.05) is 41.9 Å². The Morgan fingerprint density at radius 1 is 1.16 bits per heavy atom. The minimum atomic E-state index is -0.510. The zero-order valence-corrected chi connectivity index (χ0v) is 10.6. The van der Waals surface area contributed by atoms with Crippen LogP contribution in [0.5, 0.6) is 0 Å². The first-order valence-corrected chi connectivity index (χ1v) is 5.97. The first-order chi connectivity index (χ1) is 9.08. The van der Waals surface area contributed by atoms with Gasteiger partial charge in [-0.25, -0.2) is 0 Å². The number of carbonyl (C=O) groups is 1. The Bertz CT molecular complexity index is 626. The third-order valence-corrected chi connectivity index (χ3v) is 2.92. The van der Waals surface area contributed by atoms with Gasteiger partial charge in [0.25, 0.3) is 5.69 Å². The van der Waals surface area contributed by atoms with E-state index in [2.05, 4.69) is 0 Å². The number of nitro benzene ring substituents is 1. The normalized spacial score (nSPS) is 10.2. The van der Waals surface area contributed by atoms with Gasteiger partial charge in [0.1, 0.15) is 0 Å². The van der Waals surface area contributed by atoms with Gasteiger partial charge in [0.2, 0.25) is 0 Å². The highest BCUT2D eigenvalue weighted by molar-refractivity contribution is 6.30. The van der Waals surface area contributed by atoms with E-state index in [4.69, 9.17) is 11.6 Å². The van der Waals surface area contributed by atoms with Gasteiger partial charge >= 0.3 is 0 Å². The summed E-state index contributed by atoms with van der Waals surface area (Å²) in [6.45, 7) is 0. The molecule has 5 heteroatoms. The number of hydrogen-bond donors (Lipinski definition) is 0. The number of benzene rings is 2. The summed E-state index contributed by atoms with van der Waals surface area (Å²) in [5, 5.41) is 11.3. The Morgan fingerprint density at radius 3 is 2.47 bits per heavy atom. The SMILES string of the molecule is O=C(Cc1cc(Cl)ccc1[N+](=O)[O-])c1ccccc1. The molecule has 0 spiro atoms. The van der Waals surface area contributed by atoms with Crippen LogP contribution in [0, 0.1) is 10.1 Å². The van der Waals surface area contributed by atoms with Crippen molar-refractivity contribution < 1.29 is 9.72 Å². The molecular formula is C14H10ClNO3. The van der Waals surface area contributed by atoms with Crippen LogP contribution in [0.15, 0.2) is 48.5 Å². The molecule has 96 valence electrons. The topological polar surface area (TPSA) is 60.2 Å². The number of nitrogens with zero attached hydrogens (tertiary/aromatic N) is 1. The fourth-order valence-electron chi connectivity index (χ4n) is 1.77. The fourth-order valence-corrected chi connectivity index (χ4v) is 1.97. The molecule has 0 aliphatic carbocycles. The zero-order chi connectivity index (χ0) is 13.8. The number of nitro groups is 1. The molecule has 2 aromatic rings. The van der Waals surface area contributed by atoms with Gasteiger partial charge in [0.05, 0.1) is 4.92 Å². The van der Waals surface area contributed by atoms with Gasteiger partial charge in [0, 0.05) is 28.6 Å². The first kappa shape index (κ1) is 13.2. The number of Topliss-reactive ketones (excluding diaryl/α,β-unsaturated/α-hetero) is 1. The summed E-state index contributed by atoms with van der Waals surface area (Å²) in [6.07, 6.45) is -0.0408. The van der Waals surface area contributed by atoms with Crippen LogP contribution in [0.2, 0.25) is 5.02 Å². The van der Waals surface area contributed by atoms with Crippen molar-refractivity contribution in [3.05, 3.63) is 74.8 Å². The summed E-state index contributed by atoms with van der Waals surface area (Å²) in [6, 6.07) is 12.9. The van der Waals surface area contributed by atoms with Crippen LogP contribution in [-0.4, -0.2) is 10.7 Å². The molecule has 19 heavy (non-hydrogen) atoms. The number of ketones is 1. The van der Waals surface area contributed by atoms with Crippen molar-refractivity contribution in [2.24, 2.45) is 0 Å². The average molecular weight is 276 g/mol. The summed E-state index contributed by atoms with van der Waals surface area (Å²) in [5.41, 5.74) is 0.761. The van der Waals surface area contributed by atoms with Crippen LogP contribution in [0.1, 0.15) is 15.9 Å². The van der Waals surface area contributed by atoms with Crippen molar-refractivity contribution >= 4 is 23.1 Å². The Hall–Kier alpha value is -2.20. The lowest BCUT2D eigenvalue weighted by molar-refractivity contribution is -0.385. The second-order valence-corrected chi connectivity index (χ2v) is 4.43. The van der Waals surface area contributed by atoms with Gasteiger partial charge in [-0.3, -0.25) is 14.9 Å². The highest BCUT2D eigenvalue weighted by Crippen LogP contribution is 2.24. The number of hydrogen-bond acceptors (Lipinski definition) is 3. The lowest BCUT2D eigenvalue weighted by Gasteiger charge is -2.03. The molecule has 0 saturated heterocycles. The molecule has 0 aliphatic rings. The Labute approximate surface area is 114 Å². The summed E-state index contributed by atoms with van der Waals surface area (Å²) in [4.78, 5) is 22.4. The van der Waals surface area contributed by atoms with E-state index in [0.717, 1.165) is 0 Å². The van der Waals surface area contributed by atoms with Crippen molar-refractivity contribution in [2.75, 3.05) is 0 Å². The van der Waals surface area contributed by atoms with E-state index in [1.807, 2.05) is 0 Å². The van der Waals surface area contributed by atoms with Crippen molar-refractivity contribution in [1.82, 2.24) is 0 Å². The number of rotatable bonds is 4. The predicted molar refractivity (Wildman–Crippen MR) is 72.6 cm³/mol. The smallest absolute Gasteiger partial charge is 0.273 e. The van der Waals surface area contributed by atoms with E-state index in [0.29, 0.717) is 16.1 Å². The van der Waals surface area contributed by atoms with E-state index in [1.165, 1.54) is 18.2 Å². The second-order valence-electron chi connectivity index (χ2n) is 4.00. The largest absolute Gasteiger partial charge is 0.294 e. The van der Waals surface area contributed by atoms with Gasteiger partial charge in [-0.2, -0.15) is 0 Å². The van der Waals surface area contributed by atoms with Crippen molar-refractivity contribution in [1.29, 1.82) is 0 Å². The van der Waals surface area contributed by atoms with E-state index in [-0.39, 0.29) is 17.9 Å². The first-order valence-electron chi connectivity index (χ1n) is 5.59.